The number of carbonyl (C=O) groups is 3. The molecule has 0 aromatic heterocycles. The minimum atomic E-state index is -0.448. The van der Waals surface area contributed by atoms with E-state index in [2.05, 4.69) is 0 Å². The molecule has 0 saturated heterocycles. The summed E-state index contributed by atoms with van der Waals surface area (Å²) in [5, 5.41) is 0. The largest absolute Gasteiger partial charge is 0.496 e. The number of methoxy groups -OCH3 is 3. The molecular weight excluding hydrogens is 312 g/mol. The smallest absolute Gasteiger partial charge is 0.202 e. The number of aldehydes is 1. The van der Waals surface area contributed by atoms with Crippen molar-refractivity contribution in [1.82, 2.24) is 0 Å². The Bertz CT molecular complexity index is 882. The van der Waals surface area contributed by atoms with Crippen LogP contribution in [0.15, 0.2) is 24.3 Å². The average Bonchev–Trinajstić information content (AvgIpc) is 2.63. The van der Waals surface area contributed by atoms with Crippen LogP contribution < -0.4 is 14.2 Å². The van der Waals surface area contributed by atoms with Crippen molar-refractivity contribution in [2.24, 2.45) is 0 Å². The molecule has 122 valence electrons. The molecule has 2 aromatic rings. The Labute approximate surface area is 137 Å². The fraction of sp³-hybridized carbons (Fsp3) is 0.167. The maximum absolute atomic E-state index is 13.1. The van der Waals surface area contributed by atoms with Crippen LogP contribution in [0.25, 0.3) is 0 Å². The Balaban J connectivity index is 2.44. The molecule has 0 unspecified atom stereocenters. The highest BCUT2D eigenvalue weighted by molar-refractivity contribution is 6.31. The number of carbonyl (C=O) groups excluding carboxylic acids is 3. The van der Waals surface area contributed by atoms with E-state index in [1.54, 1.807) is 18.2 Å². The van der Waals surface area contributed by atoms with Crippen molar-refractivity contribution in [3.05, 3.63) is 52.1 Å². The minimum absolute atomic E-state index is 0.0148. The highest BCUT2D eigenvalue weighted by Gasteiger charge is 2.38. The van der Waals surface area contributed by atoms with Gasteiger partial charge in [0.25, 0.3) is 0 Å². The van der Waals surface area contributed by atoms with E-state index in [1.807, 2.05) is 0 Å². The number of hydrogen-bond donors (Lipinski definition) is 0. The summed E-state index contributed by atoms with van der Waals surface area (Å²) >= 11 is 0. The predicted molar refractivity (Wildman–Crippen MR) is 84.8 cm³/mol. The maximum Gasteiger partial charge on any atom is 0.202 e. The van der Waals surface area contributed by atoms with E-state index in [0.29, 0.717) is 6.29 Å². The van der Waals surface area contributed by atoms with E-state index in [9.17, 15) is 14.4 Å². The van der Waals surface area contributed by atoms with Crippen molar-refractivity contribution < 1.29 is 28.6 Å². The van der Waals surface area contributed by atoms with E-state index >= 15 is 0 Å². The van der Waals surface area contributed by atoms with Gasteiger partial charge in [-0.3, -0.25) is 14.4 Å². The third-order valence-electron chi connectivity index (χ3n) is 4.00. The molecule has 1 aliphatic rings. The van der Waals surface area contributed by atoms with Crippen molar-refractivity contribution in [2.75, 3.05) is 21.3 Å². The van der Waals surface area contributed by atoms with E-state index in [0.717, 1.165) is 0 Å². The van der Waals surface area contributed by atoms with Gasteiger partial charge in [-0.05, 0) is 12.1 Å². The first-order chi connectivity index (χ1) is 11.6. The molecule has 6 heteroatoms. The number of fused-ring (bicyclic) bond motifs is 2. The second-order valence-corrected chi connectivity index (χ2v) is 5.11. The quantitative estimate of drug-likeness (QED) is 0.685. The van der Waals surface area contributed by atoms with Gasteiger partial charge in [-0.25, -0.2) is 0 Å². The summed E-state index contributed by atoms with van der Waals surface area (Å²) in [5.74, 6) is -0.341. The molecule has 0 saturated carbocycles. The van der Waals surface area contributed by atoms with E-state index in [4.69, 9.17) is 14.2 Å². The van der Waals surface area contributed by atoms with Gasteiger partial charge in [-0.15, -0.1) is 0 Å². The van der Waals surface area contributed by atoms with Crippen LogP contribution in [0.5, 0.6) is 17.2 Å². The van der Waals surface area contributed by atoms with Gasteiger partial charge in [0.2, 0.25) is 5.78 Å². The van der Waals surface area contributed by atoms with Gasteiger partial charge >= 0.3 is 0 Å². The third kappa shape index (κ3) is 2.00. The molecule has 3 rings (SSSR count). The summed E-state index contributed by atoms with van der Waals surface area (Å²) in [7, 11) is 4.13. The topological polar surface area (TPSA) is 78.9 Å². The summed E-state index contributed by atoms with van der Waals surface area (Å²) in [6.45, 7) is 0. The van der Waals surface area contributed by atoms with Crippen LogP contribution in [0, 0.1) is 0 Å². The van der Waals surface area contributed by atoms with Crippen molar-refractivity contribution >= 4 is 17.9 Å². The van der Waals surface area contributed by atoms with Crippen LogP contribution in [0.2, 0.25) is 0 Å². The van der Waals surface area contributed by atoms with E-state index in [1.165, 1.54) is 27.4 Å². The fourth-order valence-corrected chi connectivity index (χ4v) is 2.95. The molecule has 0 fully saturated rings. The van der Waals surface area contributed by atoms with E-state index in [-0.39, 0.29) is 50.8 Å². The Morgan fingerprint density at radius 1 is 0.833 bits per heavy atom. The minimum Gasteiger partial charge on any atom is -0.496 e. The van der Waals surface area contributed by atoms with Crippen LogP contribution in [0.3, 0.4) is 0 Å². The van der Waals surface area contributed by atoms with Gasteiger partial charge < -0.3 is 14.2 Å². The monoisotopic (exact) mass is 326 g/mol. The lowest BCUT2D eigenvalue weighted by Gasteiger charge is -2.23. The summed E-state index contributed by atoms with van der Waals surface area (Å²) in [6.07, 6.45) is 0.553. The summed E-state index contributed by atoms with van der Waals surface area (Å²) in [5.41, 5.74) is 0.617. The van der Waals surface area contributed by atoms with Gasteiger partial charge in [0.1, 0.15) is 17.2 Å². The number of benzene rings is 2. The molecule has 24 heavy (non-hydrogen) atoms. The van der Waals surface area contributed by atoms with Crippen LogP contribution in [-0.2, 0) is 0 Å². The molecule has 6 nitrogen and oxygen atoms in total. The fourth-order valence-electron chi connectivity index (χ4n) is 2.95. The van der Waals surface area contributed by atoms with Crippen molar-refractivity contribution in [2.45, 2.75) is 0 Å². The molecule has 0 aliphatic heterocycles. The normalized spacial score (nSPS) is 12.3. The van der Waals surface area contributed by atoms with Gasteiger partial charge in [-0.1, -0.05) is 12.1 Å². The van der Waals surface area contributed by atoms with Crippen molar-refractivity contribution in [3.8, 4) is 17.2 Å². The zero-order valence-electron chi connectivity index (χ0n) is 13.3. The molecule has 2 aromatic carbocycles. The summed E-state index contributed by atoms with van der Waals surface area (Å²) < 4.78 is 15.7. The first-order valence-electron chi connectivity index (χ1n) is 7.09. The zero-order valence-corrected chi connectivity index (χ0v) is 13.3. The highest BCUT2D eigenvalue weighted by atomic mass is 16.5. The van der Waals surface area contributed by atoms with Crippen molar-refractivity contribution in [3.63, 3.8) is 0 Å². The van der Waals surface area contributed by atoms with E-state index < -0.39 is 5.78 Å². The summed E-state index contributed by atoms with van der Waals surface area (Å²) in [4.78, 5) is 37.3. The Morgan fingerprint density at radius 3 is 2.12 bits per heavy atom. The summed E-state index contributed by atoms with van der Waals surface area (Å²) in [6, 6.07) is 6.18. The lowest BCUT2D eigenvalue weighted by molar-refractivity contribution is 0.0970. The van der Waals surface area contributed by atoms with Gasteiger partial charge in [-0.2, -0.15) is 0 Å². The molecule has 0 heterocycles. The second kappa shape index (κ2) is 5.81. The van der Waals surface area contributed by atoms with Crippen LogP contribution in [0.1, 0.15) is 42.2 Å². The maximum atomic E-state index is 13.1. The average molecular weight is 326 g/mol. The third-order valence-corrected chi connectivity index (χ3v) is 4.00. The van der Waals surface area contributed by atoms with Crippen LogP contribution in [-0.4, -0.2) is 39.2 Å². The first kappa shape index (κ1) is 15.7. The predicted octanol–water partition coefficient (Wildman–Crippen LogP) is 2.30. The molecular formula is C18H14O6. The van der Waals surface area contributed by atoms with Gasteiger partial charge in [0.05, 0.1) is 43.6 Å². The molecule has 1 aliphatic carbocycles. The number of ketones is 2. The first-order valence-corrected chi connectivity index (χ1v) is 7.09. The highest BCUT2D eigenvalue weighted by Crippen LogP contribution is 2.42. The van der Waals surface area contributed by atoms with Crippen LogP contribution in [0.4, 0.5) is 0 Å². The lowest BCUT2D eigenvalue weighted by atomic mass is 9.81. The second-order valence-electron chi connectivity index (χ2n) is 5.11. The Morgan fingerprint density at radius 2 is 1.54 bits per heavy atom. The number of hydrogen-bond acceptors (Lipinski definition) is 6. The Hall–Kier alpha value is -3.15. The standard InChI is InChI=1S/C18H14O6/c1-22-11-6-4-5-10-13(11)17(21)15-14(16(10)20)12(23-2)7-9(8-19)18(15)24-3/h4-8H,1-3H3. The lowest BCUT2D eigenvalue weighted by Crippen LogP contribution is -2.24. The zero-order chi connectivity index (χ0) is 17.4. The van der Waals surface area contributed by atoms with Crippen LogP contribution >= 0.6 is 0 Å². The molecule has 0 atom stereocenters. The van der Waals surface area contributed by atoms with Gasteiger partial charge in [0.15, 0.2) is 12.1 Å². The molecule has 0 N–H and O–H groups in total. The Kier molecular flexibility index (Phi) is 3.81. The molecule has 0 radical (unpaired) electrons. The molecule has 0 spiro atoms. The SMILES string of the molecule is COc1cccc2c1C(=O)c1c(OC)c(C=O)cc(OC)c1C2=O. The number of ether oxygens (including phenoxy) is 3. The van der Waals surface area contributed by atoms with Crippen molar-refractivity contribution in [1.29, 1.82) is 0 Å². The number of rotatable bonds is 4. The molecule has 0 bridgehead atoms. The molecule has 0 amide bonds. The van der Waals surface area contributed by atoms with Gasteiger partial charge in [0, 0.05) is 5.56 Å².